The predicted molar refractivity (Wildman–Crippen MR) is 94.7 cm³/mol. The van der Waals surface area contributed by atoms with Gasteiger partial charge in [0, 0.05) is 11.7 Å². The van der Waals surface area contributed by atoms with Crippen LogP contribution in [0.1, 0.15) is 38.5 Å². The van der Waals surface area contributed by atoms with Gasteiger partial charge in [0.1, 0.15) is 0 Å². The van der Waals surface area contributed by atoms with E-state index in [1.165, 1.54) is 25.7 Å². The molecule has 1 heterocycles. The molecule has 7 heteroatoms. The second-order valence-electron chi connectivity index (χ2n) is 5.75. The minimum absolute atomic E-state index is 0.430. The number of halogens is 2. The van der Waals surface area contributed by atoms with Gasteiger partial charge in [-0.2, -0.15) is 10.1 Å². The van der Waals surface area contributed by atoms with Crippen molar-refractivity contribution in [1.82, 2.24) is 15.2 Å². The van der Waals surface area contributed by atoms with Crippen molar-refractivity contribution in [3.05, 3.63) is 34.4 Å². The van der Waals surface area contributed by atoms with Gasteiger partial charge in [-0.25, -0.2) is 0 Å². The first kappa shape index (κ1) is 16.3. The number of aromatic nitrogens is 3. The van der Waals surface area contributed by atoms with E-state index >= 15 is 0 Å². The number of anilines is 3. The first-order chi connectivity index (χ1) is 11.2. The number of rotatable bonds is 4. The van der Waals surface area contributed by atoms with E-state index in [-0.39, 0.29) is 0 Å². The van der Waals surface area contributed by atoms with Crippen molar-refractivity contribution in [2.75, 3.05) is 10.6 Å². The van der Waals surface area contributed by atoms with Crippen LogP contribution in [0.25, 0.3) is 0 Å². The van der Waals surface area contributed by atoms with E-state index in [1.807, 2.05) is 6.07 Å². The Labute approximate surface area is 145 Å². The van der Waals surface area contributed by atoms with Crippen LogP contribution in [0.2, 0.25) is 10.0 Å². The minimum Gasteiger partial charge on any atom is -0.350 e. The fourth-order valence-corrected chi connectivity index (χ4v) is 3.05. The Morgan fingerprint density at radius 3 is 2.52 bits per heavy atom. The maximum atomic E-state index is 6.02. The van der Waals surface area contributed by atoms with Gasteiger partial charge in [0.2, 0.25) is 5.95 Å². The van der Waals surface area contributed by atoms with E-state index in [0.717, 1.165) is 18.5 Å². The van der Waals surface area contributed by atoms with Gasteiger partial charge in [0.05, 0.1) is 16.2 Å². The molecule has 5 nitrogen and oxygen atoms in total. The van der Waals surface area contributed by atoms with Crippen molar-refractivity contribution in [3.63, 3.8) is 0 Å². The summed E-state index contributed by atoms with van der Waals surface area (Å²) in [6, 6.07) is 5.77. The number of hydrogen-bond donors (Lipinski definition) is 2. The molecule has 1 aromatic heterocycles. The van der Waals surface area contributed by atoms with E-state index in [9.17, 15) is 0 Å². The van der Waals surface area contributed by atoms with Crippen LogP contribution in [0.5, 0.6) is 0 Å². The number of nitrogens with zero attached hydrogens (tertiary/aromatic N) is 3. The van der Waals surface area contributed by atoms with Crippen molar-refractivity contribution in [1.29, 1.82) is 0 Å². The lowest BCUT2D eigenvalue weighted by Crippen LogP contribution is -2.20. The molecule has 2 aromatic rings. The largest absolute Gasteiger partial charge is 0.350 e. The zero-order chi connectivity index (χ0) is 16.1. The van der Waals surface area contributed by atoms with Crippen LogP contribution < -0.4 is 10.6 Å². The van der Waals surface area contributed by atoms with Crippen molar-refractivity contribution in [2.24, 2.45) is 0 Å². The second kappa shape index (κ2) is 7.79. The van der Waals surface area contributed by atoms with Crippen LogP contribution >= 0.6 is 23.2 Å². The zero-order valence-electron chi connectivity index (χ0n) is 12.7. The normalized spacial score (nSPS) is 15.9. The van der Waals surface area contributed by atoms with Crippen molar-refractivity contribution < 1.29 is 0 Å². The Balaban J connectivity index is 1.67. The van der Waals surface area contributed by atoms with Crippen LogP contribution in [-0.4, -0.2) is 21.2 Å². The molecular weight excluding hydrogens is 333 g/mol. The van der Waals surface area contributed by atoms with Gasteiger partial charge in [0.25, 0.3) is 0 Å². The van der Waals surface area contributed by atoms with Gasteiger partial charge < -0.3 is 10.6 Å². The Bertz CT molecular complexity index is 657. The van der Waals surface area contributed by atoms with E-state index in [0.29, 0.717) is 27.9 Å². The summed E-state index contributed by atoms with van der Waals surface area (Å²) >= 11 is 11.9. The van der Waals surface area contributed by atoms with Gasteiger partial charge in [-0.1, -0.05) is 48.9 Å². The average molecular weight is 352 g/mol. The highest BCUT2D eigenvalue weighted by atomic mass is 35.5. The minimum atomic E-state index is 0.430. The molecule has 0 unspecified atom stereocenters. The third kappa shape index (κ3) is 4.69. The first-order valence-electron chi connectivity index (χ1n) is 7.89. The van der Waals surface area contributed by atoms with Crippen molar-refractivity contribution in [2.45, 2.75) is 44.6 Å². The SMILES string of the molecule is Clc1ccc(Nc2cnnc(NC3CCCCCC3)n2)cc1Cl. The molecule has 0 aliphatic heterocycles. The second-order valence-corrected chi connectivity index (χ2v) is 6.57. The lowest BCUT2D eigenvalue weighted by molar-refractivity contribution is 0.613. The molecule has 1 aliphatic rings. The van der Waals surface area contributed by atoms with Crippen LogP contribution in [0.15, 0.2) is 24.4 Å². The van der Waals surface area contributed by atoms with E-state index < -0.39 is 0 Å². The summed E-state index contributed by atoms with van der Waals surface area (Å²) in [6.07, 6.45) is 9.05. The van der Waals surface area contributed by atoms with Gasteiger partial charge in [-0.15, -0.1) is 5.10 Å². The summed E-state index contributed by atoms with van der Waals surface area (Å²) < 4.78 is 0. The van der Waals surface area contributed by atoms with Crippen LogP contribution in [0.3, 0.4) is 0 Å². The molecule has 1 aromatic carbocycles. The third-order valence-electron chi connectivity index (χ3n) is 3.94. The lowest BCUT2D eigenvalue weighted by atomic mass is 10.1. The summed E-state index contributed by atoms with van der Waals surface area (Å²) in [5.41, 5.74) is 0.806. The van der Waals surface area contributed by atoms with Crippen LogP contribution in [0.4, 0.5) is 17.5 Å². The maximum Gasteiger partial charge on any atom is 0.244 e. The predicted octanol–water partition coefficient (Wildman–Crippen LogP) is 5.06. The summed E-state index contributed by atoms with van der Waals surface area (Å²) in [5.74, 6) is 1.18. The zero-order valence-corrected chi connectivity index (χ0v) is 14.2. The molecule has 23 heavy (non-hydrogen) atoms. The molecule has 3 rings (SSSR count). The fraction of sp³-hybridized carbons (Fsp3) is 0.438. The third-order valence-corrected chi connectivity index (χ3v) is 4.68. The molecule has 1 saturated carbocycles. The molecule has 0 radical (unpaired) electrons. The molecule has 0 atom stereocenters. The molecule has 0 saturated heterocycles. The van der Waals surface area contributed by atoms with Crippen molar-refractivity contribution >= 4 is 40.7 Å². The highest BCUT2D eigenvalue weighted by molar-refractivity contribution is 6.42. The van der Waals surface area contributed by atoms with E-state index in [4.69, 9.17) is 23.2 Å². The summed E-state index contributed by atoms with van der Waals surface area (Å²) in [6.45, 7) is 0. The first-order valence-corrected chi connectivity index (χ1v) is 8.64. The fourth-order valence-electron chi connectivity index (χ4n) is 2.75. The Hall–Kier alpha value is -1.59. The van der Waals surface area contributed by atoms with E-state index in [1.54, 1.807) is 18.3 Å². The van der Waals surface area contributed by atoms with Gasteiger partial charge in [0.15, 0.2) is 5.82 Å². The molecule has 0 amide bonds. The number of nitrogens with one attached hydrogen (secondary N) is 2. The quantitative estimate of drug-likeness (QED) is 0.754. The standard InChI is InChI=1S/C16H19Cl2N5/c17-13-8-7-12(9-14(13)18)20-15-10-19-23-16(22-15)21-11-5-3-1-2-4-6-11/h7-11H,1-6H2,(H2,20,21,22,23). The van der Waals surface area contributed by atoms with Crippen molar-refractivity contribution in [3.8, 4) is 0 Å². The van der Waals surface area contributed by atoms with Gasteiger partial charge in [-0.05, 0) is 31.0 Å². The average Bonchev–Trinajstić information content (AvgIpc) is 2.80. The Morgan fingerprint density at radius 2 is 1.78 bits per heavy atom. The molecular formula is C16H19Cl2N5. The molecule has 0 spiro atoms. The Kier molecular flexibility index (Phi) is 5.51. The maximum absolute atomic E-state index is 6.02. The summed E-state index contributed by atoms with van der Waals surface area (Å²) in [5, 5.41) is 15.7. The number of hydrogen-bond acceptors (Lipinski definition) is 5. The monoisotopic (exact) mass is 351 g/mol. The highest BCUT2D eigenvalue weighted by Crippen LogP contribution is 2.26. The van der Waals surface area contributed by atoms with Crippen LogP contribution in [-0.2, 0) is 0 Å². The number of benzene rings is 1. The summed E-state index contributed by atoms with van der Waals surface area (Å²) in [4.78, 5) is 4.47. The molecule has 1 fully saturated rings. The van der Waals surface area contributed by atoms with Crippen LogP contribution in [0, 0.1) is 0 Å². The highest BCUT2D eigenvalue weighted by Gasteiger charge is 2.13. The molecule has 0 bridgehead atoms. The topological polar surface area (TPSA) is 62.7 Å². The van der Waals surface area contributed by atoms with Gasteiger partial charge in [-0.3, -0.25) is 0 Å². The summed E-state index contributed by atoms with van der Waals surface area (Å²) in [7, 11) is 0. The Morgan fingerprint density at radius 1 is 1.00 bits per heavy atom. The van der Waals surface area contributed by atoms with E-state index in [2.05, 4.69) is 25.8 Å². The van der Waals surface area contributed by atoms with Gasteiger partial charge >= 0.3 is 0 Å². The molecule has 122 valence electrons. The molecule has 2 N–H and O–H groups in total. The smallest absolute Gasteiger partial charge is 0.244 e. The lowest BCUT2D eigenvalue weighted by Gasteiger charge is -2.16. The molecule has 1 aliphatic carbocycles.